The first-order chi connectivity index (χ1) is 11.8. The van der Waals surface area contributed by atoms with E-state index in [0.29, 0.717) is 11.3 Å². The van der Waals surface area contributed by atoms with E-state index in [1.54, 1.807) is 24.3 Å². The molecule has 0 radical (unpaired) electrons. The molecule has 0 bridgehead atoms. The van der Waals surface area contributed by atoms with Gasteiger partial charge in [-0.15, -0.1) is 0 Å². The molecule has 1 heterocycles. The number of halogens is 2. The average Bonchev–Trinajstić information content (AvgIpc) is 2.79. The number of carbonyl (C=O) groups is 2. The maximum absolute atomic E-state index is 14.2. The Kier molecular flexibility index (Phi) is 4.04. The Bertz CT molecular complexity index is 871. The molecule has 0 saturated carbocycles. The van der Waals surface area contributed by atoms with Gasteiger partial charge < -0.3 is 15.3 Å². The van der Waals surface area contributed by atoms with E-state index >= 15 is 0 Å². The topological polar surface area (TPSA) is 69.6 Å². The zero-order valence-electron chi connectivity index (χ0n) is 13.6. The molecular weight excluding hydrogens is 330 g/mol. The van der Waals surface area contributed by atoms with Crippen LogP contribution in [0.5, 0.6) is 0 Å². The summed E-state index contributed by atoms with van der Waals surface area (Å²) < 4.78 is 27.9. The number of rotatable bonds is 3. The number of para-hydroxylation sites is 1. The number of likely N-dealkylation sites (N-methyl/N-ethyl adjacent to an activating group) is 1. The molecule has 3 rings (SSSR count). The van der Waals surface area contributed by atoms with Crippen molar-refractivity contribution < 1.29 is 23.5 Å². The van der Waals surface area contributed by atoms with Crippen molar-refractivity contribution in [2.45, 2.75) is 18.6 Å². The predicted octanol–water partition coefficient (Wildman–Crippen LogP) is 2.01. The lowest BCUT2D eigenvalue weighted by Gasteiger charge is -2.34. The van der Waals surface area contributed by atoms with E-state index in [1.165, 1.54) is 31.0 Å². The van der Waals surface area contributed by atoms with Gasteiger partial charge in [0.1, 0.15) is 6.10 Å². The molecule has 2 aromatic carbocycles. The molecule has 0 fully saturated rings. The molecule has 2 N–H and O–H groups in total. The summed E-state index contributed by atoms with van der Waals surface area (Å²) in [6.45, 7) is 1.19. The quantitative estimate of drug-likeness (QED) is 0.893. The van der Waals surface area contributed by atoms with Crippen LogP contribution in [-0.2, 0) is 15.1 Å². The number of amides is 2. The molecule has 130 valence electrons. The normalized spacial score (nSPS) is 20.4. The van der Waals surface area contributed by atoms with Crippen LogP contribution in [0.15, 0.2) is 42.5 Å². The van der Waals surface area contributed by atoms with E-state index in [2.05, 4.69) is 5.32 Å². The van der Waals surface area contributed by atoms with Crippen molar-refractivity contribution in [1.29, 1.82) is 0 Å². The van der Waals surface area contributed by atoms with E-state index < -0.39 is 40.7 Å². The molecule has 0 aliphatic carbocycles. The number of nitrogens with zero attached hydrogens (tertiary/aromatic N) is 1. The lowest BCUT2D eigenvalue weighted by molar-refractivity contribution is -0.135. The van der Waals surface area contributed by atoms with Gasteiger partial charge in [-0.1, -0.05) is 30.3 Å². The molecule has 25 heavy (non-hydrogen) atoms. The Balaban J connectivity index is 2.27. The van der Waals surface area contributed by atoms with Gasteiger partial charge >= 0.3 is 0 Å². The molecule has 1 aliphatic rings. The number of anilines is 1. The van der Waals surface area contributed by atoms with Gasteiger partial charge in [-0.2, -0.15) is 0 Å². The van der Waals surface area contributed by atoms with Crippen LogP contribution >= 0.6 is 0 Å². The first kappa shape index (κ1) is 17.0. The smallest absolute Gasteiger partial charge is 0.260 e. The second-order valence-corrected chi connectivity index (χ2v) is 5.92. The number of hydrogen-bond donors (Lipinski definition) is 2. The Labute approximate surface area is 142 Å². The van der Waals surface area contributed by atoms with Crippen molar-refractivity contribution >= 4 is 17.5 Å². The largest absolute Gasteiger partial charge is 0.385 e. The third-order valence-corrected chi connectivity index (χ3v) is 4.39. The minimum absolute atomic E-state index is 0.314. The van der Waals surface area contributed by atoms with Crippen molar-refractivity contribution in [2.24, 2.45) is 0 Å². The van der Waals surface area contributed by atoms with Crippen LogP contribution in [0.4, 0.5) is 14.5 Å². The van der Waals surface area contributed by atoms with Crippen molar-refractivity contribution in [1.82, 2.24) is 5.32 Å². The molecule has 2 aromatic rings. The molecule has 2 amide bonds. The summed E-state index contributed by atoms with van der Waals surface area (Å²) in [7, 11) is 1.49. The predicted molar refractivity (Wildman–Crippen MR) is 86.7 cm³/mol. The summed E-state index contributed by atoms with van der Waals surface area (Å²) in [6.07, 6.45) is -1.81. The van der Waals surface area contributed by atoms with Crippen LogP contribution in [0.3, 0.4) is 0 Å². The van der Waals surface area contributed by atoms with Gasteiger partial charge in [0.15, 0.2) is 17.2 Å². The second kappa shape index (κ2) is 5.93. The summed E-state index contributed by atoms with van der Waals surface area (Å²) in [4.78, 5) is 26.0. The molecule has 0 saturated heterocycles. The number of carbonyl (C=O) groups excluding carboxylic acids is 2. The van der Waals surface area contributed by atoms with E-state index in [0.717, 1.165) is 6.07 Å². The van der Waals surface area contributed by atoms with Gasteiger partial charge in [0.25, 0.3) is 5.91 Å². The Morgan fingerprint density at radius 3 is 2.56 bits per heavy atom. The maximum Gasteiger partial charge on any atom is 0.260 e. The van der Waals surface area contributed by atoms with E-state index in [1.807, 2.05) is 0 Å². The Morgan fingerprint density at radius 2 is 1.88 bits per heavy atom. The van der Waals surface area contributed by atoms with Gasteiger partial charge in [-0.3, -0.25) is 9.59 Å². The fourth-order valence-corrected chi connectivity index (χ4v) is 3.28. The molecular formula is C18H16F2N2O3. The first-order valence-corrected chi connectivity index (χ1v) is 7.59. The molecule has 2 atom stereocenters. The van der Waals surface area contributed by atoms with Crippen molar-refractivity contribution in [3.8, 4) is 0 Å². The van der Waals surface area contributed by atoms with Gasteiger partial charge in [0, 0.05) is 30.8 Å². The van der Waals surface area contributed by atoms with E-state index in [9.17, 15) is 23.5 Å². The monoisotopic (exact) mass is 346 g/mol. The number of benzene rings is 2. The SMILES string of the molecule is CC(=O)N[C@@]1([C@@H](O)c2cccc(F)c2F)C(=O)N(C)c2ccccc21. The summed E-state index contributed by atoms with van der Waals surface area (Å²) >= 11 is 0. The van der Waals surface area contributed by atoms with Crippen LogP contribution < -0.4 is 10.2 Å². The first-order valence-electron chi connectivity index (χ1n) is 7.59. The Hall–Kier alpha value is -2.80. The molecule has 7 heteroatoms. The maximum atomic E-state index is 14.2. The van der Waals surface area contributed by atoms with Crippen LogP contribution in [-0.4, -0.2) is 24.0 Å². The lowest BCUT2D eigenvalue weighted by atomic mass is 9.81. The van der Waals surface area contributed by atoms with Crippen molar-refractivity contribution in [2.75, 3.05) is 11.9 Å². The van der Waals surface area contributed by atoms with Crippen LogP contribution in [0.25, 0.3) is 0 Å². The number of aliphatic hydroxyl groups excluding tert-OH is 1. The summed E-state index contributed by atoms with van der Waals surface area (Å²) in [5.74, 6) is -3.64. The summed E-state index contributed by atoms with van der Waals surface area (Å²) in [5.41, 5.74) is -1.57. The minimum Gasteiger partial charge on any atom is -0.385 e. The second-order valence-electron chi connectivity index (χ2n) is 5.92. The zero-order valence-corrected chi connectivity index (χ0v) is 13.6. The lowest BCUT2D eigenvalue weighted by Crippen LogP contribution is -2.55. The molecule has 0 aromatic heterocycles. The zero-order chi connectivity index (χ0) is 18.4. The third-order valence-electron chi connectivity index (χ3n) is 4.39. The summed E-state index contributed by atoms with van der Waals surface area (Å²) in [5, 5.41) is 13.4. The number of nitrogens with one attached hydrogen (secondary N) is 1. The van der Waals surface area contributed by atoms with Crippen LogP contribution in [0, 0.1) is 11.6 Å². The van der Waals surface area contributed by atoms with Crippen LogP contribution in [0.2, 0.25) is 0 Å². The van der Waals surface area contributed by atoms with Crippen molar-refractivity contribution in [3.63, 3.8) is 0 Å². The highest BCUT2D eigenvalue weighted by Gasteiger charge is 2.56. The highest BCUT2D eigenvalue weighted by atomic mass is 19.2. The fourth-order valence-electron chi connectivity index (χ4n) is 3.28. The third kappa shape index (κ3) is 2.39. The number of fused-ring (bicyclic) bond motifs is 1. The van der Waals surface area contributed by atoms with Gasteiger partial charge in [-0.25, -0.2) is 8.78 Å². The fraction of sp³-hybridized carbons (Fsp3) is 0.222. The average molecular weight is 346 g/mol. The van der Waals surface area contributed by atoms with Gasteiger partial charge in [0.05, 0.1) is 0 Å². The molecule has 0 unspecified atom stereocenters. The van der Waals surface area contributed by atoms with Crippen molar-refractivity contribution in [3.05, 3.63) is 65.2 Å². The molecule has 0 spiro atoms. The van der Waals surface area contributed by atoms with Gasteiger partial charge in [-0.05, 0) is 12.1 Å². The molecule has 1 aliphatic heterocycles. The number of aliphatic hydroxyl groups is 1. The molecule has 5 nitrogen and oxygen atoms in total. The summed E-state index contributed by atoms with van der Waals surface area (Å²) in [6, 6.07) is 9.86. The highest BCUT2D eigenvalue weighted by molar-refractivity contribution is 6.09. The number of hydrogen-bond acceptors (Lipinski definition) is 3. The standard InChI is InChI=1S/C18H16F2N2O3/c1-10(23)21-18(16(24)11-6-5-8-13(19)15(11)20)12-7-3-4-9-14(12)22(2)17(18)25/h3-9,16,24H,1-2H3,(H,21,23)/t16-,18-/m0/s1. The van der Waals surface area contributed by atoms with E-state index in [-0.39, 0.29) is 0 Å². The van der Waals surface area contributed by atoms with Crippen LogP contribution in [0.1, 0.15) is 24.2 Å². The van der Waals surface area contributed by atoms with Gasteiger partial charge in [0.2, 0.25) is 5.91 Å². The highest BCUT2D eigenvalue weighted by Crippen LogP contribution is 2.47. The Morgan fingerprint density at radius 1 is 1.20 bits per heavy atom. The minimum atomic E-state index is -1.94. The van der Waals surface area contributed by atoms with E-state index in [4.69, 9.17) is 0 Å².